The zero-order valence-corrected chi connectivity index (χ0v) is 14.6. The van der Waals surface area contributed by atoms with Crippen LogP contribution in [0.15, 0.2) is 30.5 Å². The summed E-state index contributed by atoms with van der Waals surface area (Å²) in [5.74, 6) is -0.173. The highest BCUT2D eigenvalue weighted by Crippen LogP contribution is 2.30. The number of carbonyl (C=O) groups excluding carboxylic acids is 1. The fourth-order valence-electron chi connectivity index (χ4n) is 2.65. The Kier molecular flexibility index (Phi) is 5.90. The number of rotatable bonds is 5. The summed E-state index contributed by atoms with van der Waals surface area (Å²) in [6, 6.07) is 5.19. The number of thiazole rings is 1. The number of benzene rings is 1. The maximum Gasteiger partial charge on any atom is 0.416 e. The van der Waals surface area contributed by atoms with Crippen molar-refractivity contribution in [3.05, 3.63) is 46.5 Å². The molecular weight excluding hydrogens is 367 g/mol. The zero-order chi connectivity index (χ0) is 18.6. The average molecular weight is 385 g/mol. The number of nitrogens with zero attached hydrogens (tertiary/aromatic N) is 1. The van der Waals surface area contributed by atoms with Crippen molar-refractivity contribution in [2.24, 2.45) is 0 Å². The Hall–Kier alpha value is -1.97. The normalized spacial score (nSPS) is 17.9. The number of aromatic nitrogens is 1. The van der Waals surface area contributed by atoms with E-state index in [4.69, 9.17) is 4.74 Å². The van der Waals surface area contributed by atoms with E-state index in [1.54, 1.807) is 12.3 Å². The van der Waals surface area contributed by atoms with Crippen molar-refractivity contribution < 1.29 is 22.7 Å². The molecule has 1 unspecified atom stereocenters. The first-order chi connectivity index (χ1) is 12.4. The van der Waals surface area contributed by atoms with Crippen LogP contribution >= 0.6 is 11.3 Å². The largest absolute Gasteiger partial charge is 0.416 e. The molecule has 0 saturated carbocycles. The summed E-state index contributed by atoms with van der Waals surface area (Å²) in [6.45, 7) is 1.85. The second-order valence-corrected chi connectivity index (χ2v) is 7.10. The van der Waals surface area contributed by atoms with E-state index in [2.05, 4.69) is 15.6 Å². The smallest absolute Gasteiger partial charge is 0.378 e. The molecule has 0 bridgehead atoms. The third-order valence-electron chi connectivity index (χ3n) is 3.86. The summed E-state index contributed by atoms with van der Waals surface area (Å²) in [4.78, 5) is 16.9. The number of amides is 1. The molecular formula is C17H18F3N3O2S. The molecule has 1 amide bonds. The van der Waals surface area contributed by atoms with Crippen LogP contribution in [0.2, 0.25) is 0 Å². The first-order valence-electron chi connectivity index (χ1n) is 8.12. The average Bonchev–Trinajstić information content (AvgIpc) is 3.02. The Morgan fingerprint density at radius 2 is 2.27 bits per heavy atom. The summed E-state index contributed by atoms with van der Waals surface area (Å²) in [6.07, 6.45) is -2.18. The SMILES string of the molecule is O=C(CC1COCCN1)Nc1ncc(Cc2cccc(C(F)(F)F)c2)s1. The molecule has 140 valence electrons. The van der Waals surface area contributed by atoms with Crippen LogP contribution in [-0.4, -0.2) is 36.7 Å². The van der Waals surface area contributed by atoms with E-state index in [9.17, 15) is 18.0 Å². The summed E-state index contributed by atoms with van der Waals surface area (Å²) in [5.41, 5.74) is -0.125. The van der Waals surface area contributed by atoms with Gasteiger partial charge in [0.25, 0.3) is 0 Å². The molecule has 1 aromatic carbocycles. The van der Waals surface area contributed by atoms with E-state index in [1.807, 2.05) is 0 Å². The van der Waals surface area contributed by atoms with Gasteiger partial charge in [0.15, 0.2) is 5.13 Å². The minimum absolute atomic E-state index is 0.0201. The number of ether oxygens (including phenoxy) is 1. The number of anilines is 1. The van der Waals surface area contributed by atoms with Crippen LogP contribution in [0.3, 0.4) is 0 Å². The quantitative estimate of drug-likeness (QED) is 0.830. The molecule has 1 atom stereocenters. The highest BCUT2D eigenvalue weighted by atomic mass is 32.1. The lowest BCUT2D eigenvalue weighted by atomic mass is 10.1. The molecule has 1 saturated heterocycles. The lowest BCUT2D eigenvalue weighted by Crippen LogP contribution is -2.43. The number of halogens is 3. The van der Waals surface area contributed by atoms with Crippen molar-refractivity contribution in [1.82, 2.24) is 10.3 Å². The van der Waals surface area contributed by atoms with Crippen molar-refractivity contribution in [3.63, 3.8) is 0 Å². The van der Waals surface area contributed by atoms with Crippen LogP contribution in [0.25, 0.3) is 0 Å². The Morgan fingerprint density at radius 3 is 3.00 bits per heavy atom. The van der Waals surface area contributed by atoms with Gasteiger partial charge in [-0.2, -0.15) is 13.2 Å². The molecule has 9 heteroatoms. The van der Waals surface area contributed by atoms with E-state index in [1.165, 1.54) is 17.4 Å². The van der Waals surface area contributed by atoms with Crippen LogP contribution in [0.4, 0.5) is 18.3 Å². The Labute approximate surface area is 152 Å². The molecule has 1 aromatic heterocycles. The van der Waals surface area contributed by atoms with E-state index in [-0.39, 0.29) is 18.4 Å². The predicted molar refractivity (Wildman–Crippen MR) is 92.2 cm³/mol. The van der Waals surface area contributed by atoms with Crippen LogP contribution < -0.4 is 10.6 Å². The van der Waals surface area contributed by atoms with Gasteiger partial charge in [0.2, 0.25) is 5.91 Å². The molecule has 2 aromatic rings. The van der Waals surface area contributed by atoms with Gasteiger partial charge in [0.05, 0.1) is 18.8 Å². The van der Waals surface area contributed by atoms with Crippen LogP contribution in [0.5, 0.6) is 0 Å². The number of hydrogen-bond acceptors (Lipinski definition) is 5. The van der Waals surface area contributed by atoms with Crippen LogP contribution in [0, 0.1) is 0 Å². The molecule has 1 aliphatic rings. The fraction of sp³-hybridized carbons (Fsp3) is 0.412. The van der Waals surface area contributed by atoms with Crippen molar-refractivity contribution in [2.75, 3.05) is 25.1 Å². The Bertz CT molecular complexity index is 758. The minimum atomic E-state index is -4.36. The Balaban J connectivity index is 1.57. The number of nitrogens with one attached hydrogen (secondary N) is 2. The standard InChI is InChI=1S/C17H18F3N3O2S/c18-17(19,20)12-3-1-2-11(6-12)7-14-9-22-16(26-14)23-15(24)8-13-10-25-5-4-21-13/h1-3,6,9,13,21H,4-5,7-8,10H2,(H,22,23,24). The van der Waals surface area contributed by atoms with Gasteiger partial charge in [-0.3, -0.25) is 4.79 Å². The molecule has 1 fully saturated rings. The second-order valence-electron chi connectivity index (χ2n) is 5.98. The molecule has 0 spiro atoms. The van der Waals surface area contributed by atoms with E-state index >= 15 is 0 Å². The van der Waals surface area contributed by atoms with Gasteiger partial charge in [-0.05, 0) is 11.6 Å². The maximum atomic E-state index is 12.8. The Morgan fingerprint density at radius 1 is 1.42 bits per heavy atom. The maximum absolute atomic E-state index is 12.8. The van der Waals surface area contributed by atoms with E-state index in [0.29, 0.717) is 30.3 Å². The lowest BCUT2D eigenvalue weighted by Gasteiger charge is -2.22. The van der Waals surface area contributed by atoms with Crippen molar-refractivity contribution in [3.8, 4) is 0 Å². The molecule has 0 radical (unpaired) electrons. The third kappa shape index (κ3) is 5.26. The number of alkyl halides is 3. The van der Waals surface area contributed by atoms with Gasteiger partial charge in [-0.15, -0.1) is 11.3 Å². The van der Waals surface area contributed by atoms with Crippen LogP contribution in [0.1, 0.15) is 22.4 Å². The summed E-state index contributed by atoms with van der Waals surface area (Å²) in [5, 5.41) is 6.36. The highest BCUT2D eigenvalue weighted by Gasteiger charge is 2.30. The molecule has 3 rings (SSSR count). The molecule has 2 heterocycles. The van der Waals surface area contributed by atoms with Gasteiger partial charge in [0.1, 0.15) is 0 Å². The van der Waals surface area contributed by atoms with E-state index < -0.39 is 11.7 Å². The molecule has 1 aliphatic heterocycles. The van der Waals surface area contributed by atoms with Crippen LogP contribution in [-0.2, 0) is 22.1 Å². The van der Waals surface area contributed by atoms with Gasteiger partial charge in [-0.25, -0.2) is 4.98 Å². The van der Waals surface area contributed by atoms with Crippen molar-refractivity contribution in [2.45, 2.75) is 25.1 Å². The number of carbonyl (C=O) groups is 1. The van der Waals surface area contributed by atoms with Crippen molar-refractivity contribution >= 4 is 22.4 Å². The van der Waals surface area contributed by atoms with Gasteiger partial charge < -0.3 is 15.4 Å². The summed E-state index contributed by atoms with van der Waals surface area (Å²) in [7, 11) is 0. The fourth-order valence-corrected chi connectivity index (χ4v) is 3.51. The van der Waals surface area contributed by atoms with Gasteiger partial charge in [-0.1, -0.05) is 18.2 Å². The first kappa shape index (κ1) is 18.8. The summed E-state index contributed by atoms with van der Waals surface area (Å²) >= 11 is 1.26. The molecule has 0 aliphatic carbocycles. The summed E-state index contributed by atoms with van der Waals surface area (Å²) < 4.78 is 43.6. The lowest BCUT2D eigenvalue weighted by molar-refractivity contribution is -0.137. The van der Waals surface area contributed by atoms with E-state index in [0.717, 1.165) is 23.6 Å². The second kappa shape index (κ2) is 8.15. The molecule has 5 nitrogen and oxygen atoms in total. The van der Waals surface area contributed by atoms with Gasteiger partial charge in [0, 0.05) is 36.5 Å². The highest BCUT2D eigenvalue weighted by molar-refractivity contribution is 7.15. The molecule has 2 N–H and O–H groups in total. The predicted octanol–water partition coefficient (Wildman–Crippen LogP) is 3.07. The monoisotopic (exact) mass is 385 g/mol. The number of hydrogen-bond donors (Lipinski definition) is 2. The minimum Gasteiger partial charge on any atom is -0.378 e. The third-order valence-corrected chi connectivity index (χ3v) is 4.78. The number of morpholine rings is 1. The van der Waals surface area contributed by atoms with Gasteiger partial charge >= 0.3 is 6.18 Å². The zero-order valence-electron chi connectivity index (χ0n) is 13.8. The first-order valence-corrected chi connectivity index (χ1v) is 8.93. The topological polar surface area (TPSA) is 63.2 Å². The molecule has 26 heavy (non-hydrogen) atoms. The van der Waals surface area contributed by atoms with Crippen molar-refractivity contribution in [1.29, 1.82) is 0 Å².